The molecule has 28 heavy (non-hydrogen) atoms. The number of amides is 1. The molecule has 0 aliphatic carbocycles. The minimum atomic E-state index is -3.60. The summed E-state index contributed by atoms with van der Waals surface area (Å²) >= 11 is 0. The number of rotatable bonds is 9. The number of carbonyl (C=O) groups is 1. The van der Waals surface area contributed by atoms with E-state index in [0.29, 0.717) is 12.2 Å². The summed E-state index contributed by atoms with van der Waals surface area (Å²) in [6.45, 7) is 8.02. The average Bonchev–Trinajstić information content (AvgIpc) is 2.68. The predicted molar refractivity (Wildman–Crippen MR) is 115 cm³/mol. The van der Waals surface area contributed by atoms with Gasteiger partial charge in [0.25, 0.3) is 0 Å². The van der Waals surface area contributed by atoms with Gasteiger partial charge in [-0.05, 0) is 50.6 Å². The monoisotopic (exact) mass is 403 g/mol. The molecule has 0 radical (unpaired) electrons. The highest BCUT2D eigenvalue weighted by Crippen LogP contribution is 2.20. The molecule has 0 heterocycles. The molecule has 0 spiro atoms. The highest BCUT2D eigenvalue weighted by molar-refractivity contribution is 7.92. The first-order valence-corrected chi connectivity index (χ1v) is 11.3. The zero-order valence-corrected chi connectivity index (χ0v) is 17.7. The fraction of sp³-hybridized carbons (Fsp3) is 0.381. The molecule has 2 aromatic carbocycles. The van der Waals surface area contributed by atoms with E-state index in [1.165, 1.54) is 0 Å². The number of hydrogen-bond donors (Lipinski definition) is 1. The van der Waals surface area contributed by atoms with Crippen molar-refractivity contribution in [3.05, 3.63) is 60.2 Å². The Morgan fingerprint density at radius 3 is 2.04 bits per heavy atom. The van der Waals surface area contributed by atoms with Crippen LogP contribution in [-0.2, 0) is 21.4 Å². The van der Waals surface area contributed by atoms with Gasteiger partial charge in [0.15, 0.2) is 0 Å². The van der Waals surface area contributed by atoms with Crippen LogP contribution in [-0.4, -0.2) is 39.7 Å². The van der Waals surface area contributed by atoms with E-state index in [4.69, 9.17) is 0 Å². The maximum Gasteiger partial charge on any atom is 0.243 e. The number of benzene rings is 2. The summed E-state index contributed by atoms with van der Waals surface area (Å²) in [5.41, 5.74) is 2.57. The van der Waals surface area contributed by atoms with Crippen molar-refractivity contribution < 1.29 is 13.2 Å². The zero-order chi connectivity index (χ0) is 20.7. The van der Waals surface area contributed by atoms with E-state index in [2.05, 4.69) is 24.1 Å². The standard InChI is InChI=1S/C21H29N3O3S/c1-5-23(6-2)19-14-12-18(13-15-19)16-22-21(25)17(3)24(28(4,26)27)20-10-8-7-9-11-20/h7-15,17H,5-6,16H2,1-4H3,(H,22,25). The van der Waals surface area contributed by atoms with Crippen LogP contribution in [0.2, 0.25) is 0 Å². The average molecular weight is 404 g/mol. The Kier molecular flexibility index (Phi) is 7.45. The number of sulfonamides is 1. The Morgan fingerprint density at radius 2 is 1.54 bits per heavy atom. The van der Waals surface area contributed by atoms with E-state index in [1.807, 2.05) is 24.3 Å². The van der Waals surface area contributed by atoms with Crippen molar-refractivity contribution in [2.75, 3.05) is 28.6 Å². The second-order valence-corrected chi connectivity index (χ2v) is 8.49. The van der Waals surface area contributed by atoms with E-state index >= 15 is 0 Å². The fourth-order valence-electron chi connectivity index (χ4n) is 3.13. The maximum absolute atomic E-state index is 12.6. The van der Waals surface area contributed by atoms with Crippen LogP contribution in [0.4, 0.5) is 11.4 Å². The largest absolute Gasteiger partial charge is 0.372 e. The molecule has 1 N–H and O–H groups in total. The zero-order valence-electron chi connectivity index (χ0n) is 16.9. The third-order valence-corrected chi connectivity index (χ3v) is 5.87. The van der Waals surface area contributed by atoms with Gasteiger partial charge >= 0.3 is 0 Å². The predicted octanol–water partition coefficient (Wildman–Crippen LogP) is 3.00. The maximum atomic E-state index is 12.6. The lowest BCUT2D eigenvalue weighted by Crippen LogP contribution is -2.47. The molecule has 0 saturated carbocycles. The minimum Gasteiger partial charge on any atom is -0.372 e. The number of nitrogens with one attached hydrogen (secondary N) is 1. The van der Waals surface area contributed by atoms with Crippen molar-refractivity contribution in [3.63, 3.8) is 0 Å². The van der Waals surface area contributed by atoms with Gasteiger partial charge in [0, 0.05) is 25.3 Å². The highest BCUT2D eigenvalue weighted by Gasteiger charge is 2.28. The van der Waals surface area contributed by atoms with Gasteiger partial charge in [-0.1, -0.05) is 30.3 Å². The minimum absolute atomic E-state index is 0.341. The third kappa shape index (κ3) is 5.48. The topological polar surface area (TPSA) is 69.7 Å². The molecule has 2 rings (SSSR count). The van der Waals surface area contributed by atoms with Gasteiger partial charge in [-0.25, -0.2) is 8.42 Å². The fourth-order valence-corrected chi connectivity index (χ4v) is 4.31. The SMILES string of the molecule is CCN(CC)c1ccc(CNC(=O)C(C)N(c2ccccc2)S(C)(=O)=O)cc1. The molecule has 0 aliphatic rings. The van der Waals surface area contributed by atoms with Gasteiger partial charge in [0.05, 0.1) is 11.9 Å². The van der Waals surface area contributed by atoms with E-state index in [9.17, 15) is 13.2 Å². The van der Waals surface area contributed by atoms with Crippen molar-refractivity contribution in [3.8, 4) is 0 Å². The van der Waals surface area contributed by atoms with Crippen molar-refractivity contribution in [2.45, 2.75) is 33.4 Å². The second-order valence-electron chi connectivity index (χ2n) is 6.63. The first-order valence-electron chi connectivity index (χ1n) is 9.44. The molecule has 0 aliphatic heterocycles. The molecule has 1 atom stereocenters. The first kappa shape index (κ1) is 21.8. The number of nitrogens with zero attached hydrogens (tertiary/aromatic N) is 2. The highest BCUT2D eigenvalue weighted by atomic mass is 32.2. The summed E-state index contributed by atoms with van der Waals surface area (Å²) in [6, 6.07) is 15.8. The van der Waals surface area contributed by atoms with Gasteiger partial charge in [-0.3, -0.25) is 9.10 Å². The van der Waals surface area contributed by atoms with E-state index in [-0.39, 0.29) is 5.91 Å². The quantitative estimate of drug-likeness (QED) is 0.699. The van der Waals surface area contributed by atoms with Crippen LogP contribution >= 0.6 is 0 Å². The van der Waals surface area contributed by atoms with Gasteiger partial charge in [0.2, 0.25) is 15.9 Å². The molecule has 0 saturated heterocycles. The molecule has 152 valence electrons. The first-order chi connectivity index (χ1) is 13.3. The van der Waals surface area contributed by atoms with E-state index in [0.717, 1.165) is 34.9 Å². The molecule has 7 heteroatoms. The van der Waals surface area contributed by atoms with Crippen LogP contribution in [0.25, 0.3) is 0 Å². The van der Waals surface area contributed by atoms with Gasteiger partial charge in [-0.15, -0.1) is 0 Å². The molecular weight excluding hydrogens is 374 g/mol. The van der Waals surface area contributed by atoms with Crippen LogP contribution in [0.15, 0.2) is 54.6 Å². The van der Waals surface area contributed by atoms with Crippen LogP contribution in [0.5, 0.6) is 0 Å². The molecule has 0 aromatic heterocycles. The van der Waals surface area contributed by atoms with Gasteiger partial charge < -0.3 is 10.2 Å². The van der Waals surface area contributed by atoms with Crippen molar-refractivity contribution >= 4 is 27.3 Å². The molecular formula is C21H29N3O3S. The van der Waals surface area contributed by atoms with E-state index < -0.39 is 16.1 Å². The summed E-state index contributed by atoms with van der Waals surface area (Å²) in [5.74, 6) is -0.345. The molecule has 6 nitrogen and oxygen atoms in total. The Morgan fingerprint density at radius 1 is 0.964 bits per heavy atom. The Balaban J connectivity index is 2.07. The van der Waals surface area contributed by atoms with Gasteiger partial charge in [0.1, 0.15) is 6.04 Å². The van der Waals surface area contributed by atoms with Crippen LogP contribution < -0.4 is 14.5 Å². The molecule has 0 bridgehead atoms. The Labute approximate surface area is 168 Å². The second kappa shape index (κ2) is 9.59. The number of carbonyl (C=O) groups excluding carboxylic acids is 1. The Bertz CT molecular complexity index is 864. The molecule has 2 aromatic rings. The summed E-state index contributed by atoms with van der Waals surface area (Å²) < 4.78 is 25.6. The molecule has 1 amide bonds. The molecule has 0 fully saturated rings. The van der Waals surface area contributed by atoms with Gasteiger partial charge in [-0.2, -0.15) is 0 Å². The van der Waals surface area contributed by atoms with Crippen LogP contribution in [0.1, 0.15) is 26.3 Å². The number of para-hydroxylation sites is 1. The summed E-state index contributed by atoms with van der Waals surface area (Å²) in [6.07, 6.45) is 1.11. The normalized spacial score (nSPS) is 12.3. The lowest BCUT2D eigenvalue weighted by molar-refractivity contribution is -0.122. The number of hydrogen-bond acceptors (Lipinski definition) is 4. The smallest absolute Gasteiger partial charge is 0.243 e. The Hall–Kier alpha value is -2.54. The van der Waals surface area contributed by atoms with Crippen LogP contribution in [0, 0.1) is 0 Å². The van der Waals surface area contributed by atoms with E-state index in [1.54, 1.807) is 37.3 Å². The third-order valence-electron chi connectivity index (χ3n) is 4.63. The van der Waals surface area contributed by atoms with Crippen molar-refractivity contribution in [1.29, 1.82) is 0 Å². The summed E-state index contributed by atoms with van der Waals surface area (Å²) in [7, 11) is -3.60. The molecule has 1 unspecified atom stereocenters. The summed E-state index contributed by atoms with van der Waals surface area (Å²) in [4.78, 5) is 14.9. The number of anilines is 2. The summed E-state index contributed by atoms with van der Waals surface area (Å²) in [5, 5.41) is 2.84. The van der Waals surface area contributed by atoms with Crippen molar-refractivity contribution in [2.24, 2.45) is 0 Å². The van der Waals surface area contributed by atoms with Crippen molar-refractivity contribution in [1.82, 2.24) is 5.32 Å². The lowest BCUT2D eigenvalue weighted by atomic mass is 10.2. The lowest BCUT2D eigenvalue weighted by Gasteiger charge is -2.28. The van der Waals surface area contributed by atoms with Crippen LogP contribution in [0.3, 0.4) is 0 Å².